The molecule has 0 aliphatic carbocycles. The van der Waals surface area contributed by atoms with Gasteiger partial charge in [-0.1, -0.05) is 120 Å². The average Bonchev–Trinajstić information content (AvgIpc) is 2.65. The fourth-order valence-electron chi connectivity index (χ4n) is 5.80. The summed E-state index contributed by atoms with van der Waals surface area (Å²) in [5.41, 5.74) is 7.59. The van der Waals surface area contributed by atoms with Crippen molar-refractivity contribution in [2.45, 2.75) is 117 Å². The van der Waals surface area contributed by atoms with E-state index < -0.39 is 0 Å². The van der Waals surface area contributed by atoms with Crippen LogP contribution < -0.4 is 5.30 Å². The van der Waals surface area contributed by atoms with Crippen molar-refractivity contribution < 1.29 is 0 Å². The summed E-state index contributed by atoms with van der Waals surface area (Å²) in [6.07, 6.45) is 4.05. The quantitative estimate of drug-likeness (QED) is 0.409. The van der Waals surface area contributed by atoms with Gasteiger partial charge in [0.15, 0.2) is 0 Å². The highest BCUT2D eigenvalue weighted by Crippen LogP contribution is 2.66. The number of benzene rings is 2. The van der Waals surface area contributed by atoms with E-state index in [9.17, 15) is 0 Å². The molecule has 3 rings (SSSR count). The Morgan fingerprint density at radius 2 is 1.19 bits per heavy atom. The molecule has 31 heavy (non-hydrogen) atoms. The highest BCUT2D eigenvalue weighted by atomic mass is 31.1. The van der Waals surface area contributed by atoms with Crippen LogP contribution in [0, 0.1) is 0 Å². The third kappa shape index (κ3) is 4.80. The molecule has 1 heteroatoms. The van der Waals surface area contributed by atoms with Gasteiger partial charge in [-0.25, -0.2) is 0 Å². The van der Waals surface area contributed by atoms with Crippen LogP contribution in [0.25, 0.3) is 11.1 Å². The molecule has 0 N–H and O–H groups in total. The predicted octanol–water partition coefficient (Wildman–Crippen LogP) is 9.57. The second-order valence-corrected chi connectivity index (χ2v) is 15.4. The lowest BCUT2D eigenvalue weighted by atomic mass is 9.82. The molecule has 1 aliphatic rings. The fourth-order valence-corrected chi connectivity index (χ4v) is 10.2. The van der Waals surface area contributed by atoms with Crippen LogP contribution in [0.2, 0.25) is 0 Å². The second-order valence-electron chi connectivity index (χ2n) is 11.9. The van der Waals surface area contributed by atoms with Crippen LogP contribution in [0.1, 0.15) is 123 Å². The van der Waals surface area contributed by atoms with Crippen LogP contribution in [-0.4, -0.2) is 10.3 Å². The molecule has 1 saturated heterocycles. The van der Waals surface area contributed by atoms with E-state index in [1.807, 2.05) is 0 Å². The van der Waals surface area contributed by atoms with E-state index in [1.54, 1.807) is 5.30 Å². The molecule has 0 nitrogen and oxygen atoms in total. The summed E-state index contributed by atoms with van der Waals surface area (Å²) in [5, 5.41) is 2.38. The highest BCUT2D eigenvalue weighted by Gasteiger charge is 2.45. The first kappa shape index (κ1) is 24.5. The van der Waals surface area contributed by atoms with E-state index in [0.717, 1.165) is 0 Å². The van der Waals surface area contributed by atoms with Crippen LogP contribution in [0.15, 0.2) is 36.4 Å². The van der Waals surface area contributed by atoms with E-state index in [1.165, 1.54) is 47.1 Å². The fraction of sp³-hybridized carbons (Fsp3) is 0.600. The van der Waals surface area contributed by atoms with Crippen LogP contribution >= 0.6 is 7.92 Å². The van der Waals surface area contributed by atoms with Crippen LogP contribution in [0.4, 0.5) is 0 Å². The first-order valence-corrected chi connectivity index (χ1v) is 13.8. The lowest BCUT2D eigenvalue weighted by Crippen LogP contribution is -2.39. The summed E-state index contributed by atoms with van der Waals surface area (Å²) in [6, 6.07) is 14.5. The van der Waals surface area contributed by atoms with Gasteiger partial charge in [-0.05, 0) is 74.0 Å². The third-order valence-electron chi connectivity index (χ3n) is 7.33. The smallest absolute Gasteiger partial charge is 0.0101 e. The van der Waals surface area contributed by atoms with E-state index in [-0.39, 0.29) is 7.92 Å². The molecular weight excluding hydrogens is 391 g/mol. The maximum Gasteiger partial charge on any atom is -0.0101 e. The minimum atomic E-state index is -0.281. The minimum absolute atomic E-state index is 0.281. The third-order valence-corrected chi connectivity index (χ3v) is 11.1. The van der Waals surface area contributed by atoms with Crippen LogP contribution in [0.3, 0.4) is 0 Å². The summed E-state index contributed by atoms with van der Waals surface area (Å²) in [5.74, 6) is 1.58. The molecule has 0 radical (unpaired) electrons. The van der Waals surface area contributed by atoms with Crippen molar-refractivity contribution in [3.63, 3.8) is 0 Å². The maximum atomic E-state index is 2.53. The summed E-state index contributed by atoms with van der Waals surface area (Å²) < 4.78 is 0. The van der Waals surface area contributed by atoms with E-state index in [4.69, 9.17) is 0 Å². The summed E-state index contributed by atoms with van der Waals surface area (Å²) in [6.45, 7) is 24.3. The van der Waals surface area contributed by atoms with Crippen molar-refractivity contribution in [1.29, 1.82) is 0 Å². The van der Waals surface area contributed by atoms with Gasteiger partial charge in [0, 0.05) is 0 Å². The zero-order valence-corrected chi connectivity index (χ0v) is 22.7. The van der Waals surface area contributed by atoms with Crippen molar-refractivity contribution in [1.82, 2.24) is 0 Å². The second kappa shape index (κ2) is 9.02. The van der Waals surface area contributed by atoms with Crippen molar-refractivity contribution in [3.8, 4) is 11.1 Å². The molecule has 2 aromatic carbocycles. The van der Waals surface area contributed by atoms with Gasteiger partial charge in [0.2, 0.25) is 0 Å². The Morgan fingerprint density at radius 1 is 0.710 bits per heavy atom. The molecule has 0 spiro atoms. The molecule has 0 atom stereocenters. The number of rotatable bonds is 5. The molecule has 1 heterocycles. The van der Waals surface area contributed by atoms with E-state index in [0.29, 0.717) is 28.1 Å². The molecule has 0 aromatic heterocycles. The zero-order chi connectivity index (χ0) is 23.1. The van der Waals surface area contributed by atoms with Gasteiger partial charge in [0.25, 0.3) is 0 Å². The topological polar surface area (TPSA) is 0 Å². The largest absolute Gasteiger partial charge is 0.0631 e. The standard InChI is InChI=1S/C30H45P/c1-20(2)23-18-25(21(3)4)28(26(19-23)22(5)6)24-14-11-12-15-27(24)31-29(7,8)16-13-17-30(31,9)10/h11-12,14-15,18-22H,13,16-17H2,1-10H3. The van der Waals surface area contributed by atoms with Gasteiger partial charge in [0.05, 0.1) is 0 Å². The number of hydrogen-bond acceptors (Lipinski definition) is 0. The molecule has 0 saturated carbocycles. The molecule has 0 amide bonds. The first-order valence-electron chi connectivity index (χ1n) is 12.4. The predicted molar refractivity (Wildman–Crippen MR) is 143 cm³/mol. The number of hydrogen-bond donors (Lipinski definition) is 0. The van der Waals surface area contributed by atoms with Gasteiger partial charge in [0.1, 0.15) is 0 Å². The molecule has 0 bridgehead atoms. The Labute approximate surface area is 194 Å². The van der Waals surface area contributed by atoms with Gasteiger partial charge in [-0.3, -0.25) is 0 Å². The Kier molecular flexibility index (Phi) is 7.13. The maximum absolute atomic E-state index is 2.53. The summed E-state index contributed by atoms with van der Waals surface area (Å²) in [7, 11) is -0.281. The van der Waals surface area contributed by atoms with E-state index >= 15 is 0 Å². The van der Waals surface area contributed by atoms with Gasteiger partial charge in [-0.2, -0.15) is 0 Å². The Hall–Kier alpha value is -1.13. The van der Waals surface area contributed by atoms with Crippen molar-refractivity contribution in [3.05, 3.63) is 53.1 Å². The lowest BCUT2D eigenvalue weighted by Gasteiger charge is -2.50. The molecular formula is C30H45P. The Morgan fingerprint density at radius 3 is 1.65 bits per heavy atom. The van der Waals surface area contributed by atoms with Gasteiger partial charge in [-0.15, -0.1) is 0 Å². The lowest BCUT2D eigenvalue weighted by molar-refractivity contribution is 0.471. The highest BCUT2D eigenvalue weighted by molar-refractivity contribution is 7.69. The summed E-state index contributed by atoms with van der Waals surface area (Å²) >= 11 is 0. The van der Waals surface area contributed by atoms with Crippen LogP contribution in [0.5, 0.6) is 0 Å². The minimum Gasteiger partial charge on any atom is -0.0631 e. The van der Waals surface area contributed by atoms with Crippen molar-refractivity contribution >= 4 is 13.2 Å². The summed E-state index contributed by atoms with van der Waals surface area (Å²) in [4.78, 5) is 0. The normalized spacial score (nSPS) is 18.9. The van der Waals surface area contributed by atoms with Crippen molar-refractivity contribution in [2.75, 3.05) is 0 Å². The average molecular weight is 437 g/mol. The molecule has 0 unspecified atom stereocenters. The van der Waals surface area contributed by atoms with Crippen molar-refractivity contribution in [2.24, 2.45) is 0 Å². The SMILES string of the molecule is CC(C)c1cc(C(C)C)c(-c2ccccc2P2C(C)(C)CCCC2(C)C)c(C(C)C)c1. The Balaban J connectivity index is 2.35. The first-order chi connectivity index (χ1) is 14.4. The van der Waals surface area contributed by atoms with E-state index in [2.05, 4.69) is 106 Å². The van der Waals surface area contributed by atoms with Crippen LogP contribution in [-0.2, 0) is 0 Å². The molecule has 1 aliphatic heterocycles. The van der Waals surface area contributed by atoms with Gasteiger partial charge < -0.3 is 0 Å². The monoisotopic (exact) mass is 436 g/mol. The zero-order valence-electron chi connectivity index (χ0n) is 21.8. The Bertz CT molecular complexity index is 869. The molecule has 2 aromatic rings. The molecule has 170 valence electrons. The molecule has 1 fully saturated rings. The van der Waals surface area contributed by atoms with Gasteiger partial charge >= 0.3 is 0 Å².